The van der Waals surface area contributed by atoms with Gasteiger partial charge in [0.2, 0.25) is 5.76 Å². The molecule has 0 bridgehead atoms. The average Bonchev–Trinajstić information content (AvgIpc) is 3.44. The third-order valence-electron chi connectivity index (χ3n) is 5.72. The number of hydrogen-bond acceptors (Lipinski definition) is 5. The smallest absolute Gasteiger partial charge is 0.407 e. The summed E-state index contributed by atoms with van der Waals surface area (Å²) in [5.74, 6) is -7.37. The predicted octanol–water partition coefficient (Wildman–Crippen LogP) is 4.11. The number of aromatic carboxylic acids is 1. The number of hydrogen-bond donors (Lipinski definition) is 2. The van der Waals surface area contributed by atoms with Crippen LogP contribution in [0.5, 0.6) is 0 Å². The lowest BCUT2D eigenvalue weighted by atomic mass is 9.98. The topological polar surface area (TPSA) is 109 Å². The lowest BCUT2D eigenvalue weighted by Gasteiger charge is -2.23. The number of ether oxygens (including phenoxy) is 1. The standard InChI is InChI=1S/C25H22F2N2O6/c1-29(12-15-10-11-21(35-15)22(30)31)23(32)25(26,27)14-28-24(33)34-13-20-18-8-4-2-6-16(18)17-7-3-5-9-19(17)20/h2-11,20H,12-14H2,1H3,(H,28,33)(H,30,31). The first kappa shape index (κ1) is 23.9. The highest BCUT2D eigenvalue weighted by Crippen LogP contribution is 2.44. The minimum Gasteiger partial charge on any atom is -0.475 e. The molecule has 8 nitrogen and oxygen atoms in total. The normalized spacial score (nSPS) is 12.5. The number of amides is 2. The van der Waals surface area contributed by atoms with Gasteiger partial charge in [-0.15, -0.1) is 0 Å². The summed E-state index contributed by atoms with van der Waals surface area (Å²) in [6, 6.07) is 17.8. The van der Waals surface area contributed by atoms with Crippen LogP contribution in [0, 0.1) is 0 Å². The Hall–Kier alpha value is -4.21. The number of furan rings is 1. The van der Waals surface area contributed by atoms with Crippen molar-refractivity contribution in [2.75, 3.05) is 20.2 Å². The molecule has 1 heterocycles. The fourth-order valence-electron chi connectivity index (χ4n) is 4.07. The van der Waals surface area contributed by atoms with Crippen LogP contribution >= 0.6 is 0 Å². The Balaban J connectivity index is 1.31. The zero-order chi connectivity index (χ0) is 25.2. The molecule has 2 aromatic carbocycles. The van der Waals surface area contributed by atoms with Gasteiger partial charge in [-0.25, -0.2) is 9.59 Å². The second-order valence-corrected chi connectivity index (χ2v) is 8.12. The van der Waals surface area contributed by atoms with Gasteiger partial charge in [-0.1, -0.05) is 48.5 Å². The summed E-state index contributed by atoms with van der Waals surface area (Å²) in [6.45, 7) is -1.68. The number of fused-ring (bicyclic) bond motifs is 3. The lowest BCUT2D eigenvalue weighted by molar-refractivity contribution is -0.155. The van der Waals surface area contributed by atoms with Crippen LogP contribution in [-0.2, 0) is 16.1 Å². The van der Waals surface area contributed by atoms with Gasteiger partial charge in [0.1, 0.15) is 12.4 Å². The Bertz CT molecular complexity index is 1230. The maximum Gasteiger partial charge on any atom is 0.407 e. The summed E-state index contributed by atoms with van der Waals surface area (Å²) < 4.78 is 39.0. The number of rotatable bonds is 8. The molecule has 0 saturated carbocycles. The Morgan fingerprint density at radius 1 is 1.03 bits per heavy atom. The fraction of sp³-hybridized carbons (Fsp3) is 0.240. The highest BCUT2D eigenvalue weighted by Gasteiger charge is 2.42. The van der Waals surface area contributed by atoms with Crippen LogP contribution in [0.1, 0.15) is 33.4 Å². The minimum atomic E-state index is -3.91. The van der Waals surface area contributed by atoms with Crippen molar-refractivity contribution >= 4 is 18.0 Å². The van der Waals surface area contributed by atoms with Crippen molar-refractivity contribution in [1.82, 2.24) is 10.2 Å². The van der Waals surface area contributed by atoms with Gasteiger partial charge >= 0.3 is 18.0 Å². The van der Waals surface area contributed by atoms with Crippen LogP contribution in [0.2, 0.25) is 0 Å². The minimum absolute atomic E-state index is 0.0264. The lowest BCUT2D eigenvalue weighted by Crippen LogP contribution is -2.48. The van der Waals surface area contributed by atoms with Gasteiger partial charge in [-0.05, 0) is 34.4 Å². The van der Waals surface area contributed by atoms with E-state index in [1.165, 1.54) is 6.07 Å². The number of carboxylic acids is 1. The third kappa shape index (κ3) is 5.01. The van der Waals surface area contributed by atoms with Crippen LogP contribution in [0.25, 0.3) is 11.1 Å². The molecule has 2 amide bonds. The number of halogens is 2. The number of alkyl carbamates (subject to hydrolysis) is 1. The van der Waals surface area contributed by atoms with E-state index >= 15 is 0 Å². The van der Waals surface area contributed by atoms with Crippen molar-refractivity contribution in [1.29, 1.82) is 0 Å². The van der Waals surface area contributed by atoms with E-state index in [4.69, 9.17) is 14.3 Å². The largest absolute Gasteiger partial charge is 0.475 e. The van der Waals surface area contributed by atoms with Crippen LogP contribution < -0.4 is 5.32 Å². The summed E-state index contributed by atoms with van der Waals surface area (Å²) in [7, 11) is 1.12. The van der Waals surface area contributed by atoms with E-state index in [1.807, 2.05) is 53.8 Å². The van der Waals surface area contributed by atoms with E-state index in [0.717, 1.165) is 35.4 Å². The van der Waals surface area contributed by atoms with Crippen molar-refractivity contribution in [3.8, 4) is 11.1 Å². The van der Waals surface area contributed by atoms with Crippen molar-refractivity contribution in [2.24, 2.45) is 0 Å². The van der Waals surface area contributed by atoms with Crippen molar-refractivity contribution in [2.45, 2.75) is 18.4 Å². The highest BCUT2D eigenvalue weighted by atomic mass is 19.3. The number of benzene rings is 2. The molecule has 0 spiro atoms. The first-order valence-corrected chi connectivity index (χ1v) is 10.7. The van der Waals surface area contributed by atoms with Gasteiger partial charge in [-0.3, -0.25) is 4.79 Å². The second-order valence-electron chi connectivity index (χ2n) is 8.12. The van der Waals surface area contributed by atoms with E-state index in [1.54, 1.807) is 0 Å². The molecule has 1 aromatic heterocycles. The summed E-state index contributed by atoms with van der Waals surface area (Å²) in [6.07, 6.45) is -1.07. The molecule has 35 heavy (non-hydrogen) atoms. The van der Waals surface area contributed by atoms with E-state index in [9.17, 15) is 23.2 Å². The molecule has 2 N–H and O–H groups in total. The zero-order valence-corrected chi connectivity index (χ0v) is 18.7. The quantitative estimate of drug-likeness (QED) is 0.498. The van der Waals surface area contributed by atoms with Gasteiger partial charge in [0.25, 0.3) is 5.91 Å². The maximum absolute atomic E-state index is 14.4. The molecule has 1 aliphatic rings. The number of nitrogens with zero attached hydrogens (tertiary/aromatic N) is 1. The van der Waals surface area contributed by atoms with Gasteiger partial charge in [-0.2, -0.15) is 8.78 Å². The monoisotopic (exact) mass is 484 g/mol. The molecule has 0 unspecified atom stereocenters. The van der Waals surface area contributed by atoms with Crippen LogP contribution in [0.3, 0.4) is 0 Å². The van der Waals surface area contributed by atoms with E-state index in [2.05, 4.69) is 0 Å². The van der Waals surface area contributed by atoms with Gasteiger partial charge in [0, 0.05) is 13.0 Å². The van der Waals surface area contributed by atoms with E-state index in [-0.39, 0.29) is 30.6 Å². The first-order chi connectivity index (χ1) is 16.7. The molecule has 0 atom stereocenters. The predicted molar refractivity (Wildman–Crippen MR) is 120 cm³/mol. The SMILES string of the molecule is CN(Cc1ccc(C(=O)O)o1)C(=O)C(F)(F)CNC(=O)OCC1c2ccccc2-c2ccccc21. The molecule has 182 valence electrons. The molecule has 10 heteroatoms. The molecular weight excluding hydrogens is 462 g/mol. The number of alkyl halides is 2. The fourth-order valence-corrected chi connectivity index (χ4v) is 4.07. The van der Waals surface area contributed by atoms with Gasteiger partial charge in [0.15, 0.2) is 0 Å². The van der Waals surface area contributed by atoms with E-state index in [0.29, 0.717) is 4.90 Å². The number of carboxylic acid groups (broad SMARTS) is 1. The van der Waals surface area contributed by atoms with Crippen molar-refractivity contribution in [3.05, 3.63) is 83.3 Å². The van der Waals surface area contributed by atoms with Crippen LogP contribution in [-0.4, -0.2) is 54.1 Å². The Kier molecular flexibility index (Phi) is 6.54. The molecule has 1 aliphatic carbocycles. The molecule has 4 rings (SSSR count). The third-order valence-corrected chi connectivity index (χ3v) is 5.72. The Morgan fingerprint density at radius 2 is 1.63 bits per heavy atom. The molecule has 3 aromatic rings. The maximum atomic E-state index is 14.4. The van der Waals surface area contributed by atoms with Crippen LogP contribution in [0.15, 0.2) is 65.1 Å². The Labute approximate surface area is 199 Å². The van der Waals surface area contributed by atoms with E-state index < -0.39 is 30.4 Å². The zero-order valence-electron chi connectivity index (χ0n) is 18.7. The van der Waals surface area contributed by atoms with Gasteiger partial charge in [0.05, 0.1) is 13.1 Å². The molecular formula is C25H22F2N2O6. The second kappa shape index (κ2) is 9.57. The number of nitrogens with one attached hydrogen (secondary N) is 1. The summed E-state index contributed by atoms with van der Waals surface area (Å²) in [4.78, 5) is 35.9. The molecule has 0 fully saturated rings. The Morgan fingerprint density at radius 3 is 2.20 bits per heavy atom. The molecule has 0 aliphatic heterocycles. The van der Waals surface area contributed by atoms with Crippen molar-refractivity contribution in [3.63, 3.8) is 0 Å². The molecule has 0 saturated heterocycles. The van der Waals surface area contributed by atoms with Crippen molar-refractivity contribution < 1.29 is 37.4 Å². The average molecular weight is 484 g/mol. The number of carbonyl (C=O) groups is 3. The molecule has 0 radical (unpaired) electrons. The van der Waals surface area contributed by atoms with Gasteiger partial charge < -0.3 is 24.5 Å². The number of carbonyl (C=O) groups excluding carboxylic acids is 2. The first-order valence-electron chi connectivity index (χ1n) is 10.7. The van der Waals surface area contributed by atoms with Crippen LogP contribution in [0.4, 0.5) is 13.6 Å². The highest BCUT2D eigenvalue weighted by molar-refractivity contribution is 5.85. The summed E-state index contributed by atoms with van der Waals surface area (Å²) in [5.41, 5.74) is 4.02. The summed E-state index contributed by atoms with van der Waals surface area (Å²) >= 11 is 0. The summed E-state index contributed by atoms with van der Waals surface area (Å²) in [5, 5.41) is 10.8.